The highest BCUT2D eigenvalue weighted by molar-refractivity contribution is 6.13. The van der Waals surface area contributed by atoms with Crippen molar-refractivity contribution in [2.24, 2.45) is 0 Å². The molecule has 3 aromatic heterocycles. The molecular formula is C48H32N2O. The SMILES string of the molecule is C1=c2oc3c(-c4ccccc4)cc(-n4c5ccccc5c5cc(-c6ccc7c(c6)c6ccccc6n7-c6ccccc6)ccc54)cc3c2=CCC1. The van der Waals surface area contributed by atoms with E-state index in [1.54, 1.807) is 0 Å². The number of rotatable bonds is 4. The number of nitrogens with zero attached hydrogens (tertiary/aromatic N) is 2. The maximum atomic E-state index is 6.57. The second kappa shape index (κ2) is 11.0. The Balaban J connectivity index is 1.14. The van der Waals surface area contributed by atoms with Crippen LogP contribution >= 0.6 is 0 Å². The van der Waals surface area contributed by atoms with E-state index < -0.39 is 0 Å². The molecule has 0 atom stereocenters. The molecule has 3 nitrogen and oxygen atoms in total. The third kappa shape index (κ3) is 4.25. The molecule has 1 aliphatic rings. The van der Waals surface area contributed by atoms with Crippen LogP contribution in [0.2, 0.25) is 0 Å². The number of para-hydroxylation sites is 3. The van der Waals surface area contributed by atoms with E-state index in [1.807, 2.05) is 0 Å². The summed E-state index contributed by atoms with van der Waals surface area (Å²) in [5, 5.41) is 7.38. The molecule has 11 rings (SSSR count). The fourth-order valence-electron chi connectivity index (χ4n) is 8.43. The summed E-state index contributed by atoms with van der Waals surface area (Å²) in [6.07, 6.45) is 6.62. The Kier molecular flexibility index (Phi) is 6.08. The first kappa shape index (κ1) is 28.3. The Morgan fingerprint density at radius 2 is 0.941 bits per heavy atom. The zero-order chi connectivity index (χ0) is 33.5. The van der Waals surface area contributed by atoms with Crippen LogP contribution in [0.5, 0.6) is 0 Å². The Morgan fingerprint density at radius 3 is 1.61 bits per heavy atom. The molecule has 0 aliphatic heterocycles. The van der Waals surface area contributed by atoms with Gasteiger partial charge in [-0.2, -0.15) is 0 Å². The number of furan rings is 1. The summed E-state index contributed by atoms with van der Waals surface area (Å²) in [5.74, 6) is 0. The van der Waals surface area contributed by atoms with Gasteiger partial charge < -0.3 is 13.6 Å². The highest BCUT2D eigenvalue weighted by Crippen LogP contribution is 2.39. The molecule has 0 N–H and O–H groups in total. The molecule has 0 unspecified atom stereocenters. The third-order valence-electron chi connectivity index (χ3n) is 10.7. The quantitative estimate of drug-likeness (QED) is 0.186. The fraction of sp³-hybridized carbons (Fsp3) is 0.0417. The molecule has 3 heterocycles. The van der Waals surface area contributed by atoms with E-state index in [0.29, 0.717) is 0 Å². The number of benzene rings is 7. The smallest absolute Gasteiger partial charge is 0.143 e. The summed E-state index contributed by atoms with van der Waals surface area (Å²) >= 11 is 0. The van der Waals surface area contributed by atoms with Gasteiger partial charge in [0.25, 0.3) is 0 Å². The topological polar surface area (TPSA) is 23.0 Å². The first-order chi connectivity index (χ1) is 25.3. The number of hydrogen-bond acceptors (Lipinski definition) is 1. The summed E-state index contributed by atoms with van der Waals surface area (Å²) in [4.78, 5) is 0. The predicted molar refractivity (Wildman–Crippen MR) is 213 cm³/mol. The molecule has 0 radical (unpaired) electrons. The molecular weight excluding hydrogens is 621 g/mol. The summed E-state index contributed by atoms with van der Waals surface area (Å²) < 4.78 is 11.4. The molecule has 1 aliphatic carbocycles. The minimum atomic E-state index is 0.955. The van der Waals surface area contributed by atoms with Gasteiger partial charge in [-0.1, -0.05) is 103 Å². The Hall–Kier alpha value is -6.58. The molecule has 7 aromatic carbocycles. The molecule has 0 fully saturated rings. The van der Waals surface area contributed by atoms with Crippen molar-refractivity contribution in [2.45, 2.75) is 12.8 Å². The third-order valence-corrected chi connectivity index (χ3v) is 10.7. The molecule has 3 heteroatoms. The molecule has 0 saturated heterocycles. The summed E-state index contributed by atoms with van der Waals surface area (Å²) in [5.41, 5.74) is 13.8. The fourth-order valence-corrected chi connectivity index (χ4v) is 8.43. The van der Waals surface area contributed by atoms with Gasteiger partial charge in [0.1, 0.15) is 11.0 Å². The lowest BCUT2D eigenvalue weighted by Gasteiger charge is -2.12. The van der Waals surface area contributed by atoms with E-state index >= 15 is 0 Å². The van der Waals surface area contributed by atoms with Gasteiger partial charge in [0.2, 0.25) is 0 Å². The van der Waals surface area contributed by atoms with Gasteiger partial charge in [0, 0.05) is 49.1 Å². The Labute approximate surface area is 294 Å². The maximum Gasteiger partial charge on any atom is 0.143 e. The Morgan fingerprint density at radius 1 is 0.392 bits per heavy atom. The number of fused-ring (bicyclic) bond motifs is 9. The van der Waals surface area contributed by atoms with Crippen LogP contribution in [0.3, 0.4) is 0 Å². The monoisotopic (exact) mass is 652 g/mol. The summed E-state index contributed by atoms with van der Waals surface area (Å²) in [6.45, 7) is 0. The van der Waals surface area contributed by atoms with Crippen molar-refractivity contribution in [2.75, 3.05) is 0 Å². The number of aromatic nitrogens is 2. The molecule has 0 spiro atoms. The normalized spacial score (nSPS) is 12.9. The first-order valence-corrected chi connectivity index (χ1v) is 17.8. The van der Waals surface area contributed by atoms with E-state index in [2.05, 4.69) is 179 Å². The van der Waals surface area contributed by atoms with Crippen LogP contribution < -0.4 is 10.6 Å². The van der Waals surface area contributed by atoms with Crippen LogP contribution in [0, 0.1) is 0 Å². The zero-order valence-corrected chi connectivity index (χ0v) is 27.9. The van der Waals surface area contributed by atoms with E-state index in [1.165, 1.54) is 71.0 Å². The first-order valence-electron chi connectivity index (χ1n) is 17.8. The maximum absolute atomic E-state index is 6.57. The highest BCUT2D eigenvalue weighted by Gasteiger charge is 2.19. The average molecular weight is 653 g/mol. The highest BCUT2D eigenvalue weighted by atomic mass is 16.3. The minimum Gasteiger partial charge on any atom is -0.456 e. The second-order valence-corrected chi connectivity index (χ2v) is 13.6. The van der Waals surface area contributed by atoms with Gasteiger partial charge >= 0.3 is 0 Å². The Bertz CT molecular complexity index is 3120. The van der Waals surface area contributed by atoms with E-state index in [-0.39, 0.29) is 0 Å². The zero-order valence-electron chi connectivity index (χ0n) is 27.9. The van der Waals surface area contributed by atoms with Crippen molar-refractivity contribution in [3.63, 3.8) is 0 Å². The average Bonchev–Trinajstić information content (AvgIpc) is 3.85. The molecule has 51 heavy (non-hydrogen) atoms. The van der Waals surface area contributed by atoms with Crippen molar-refractivity contribution in [1.29, 1.82) is 0 Å². The van der Waals surface area contributed by atoms with Crippen LogP contribution in [0.1, 0.15) is 12.8 Å². The second-order valence-electron chi connectivity index (χ2n) is 13.6. The molecule has 10 aromatic rings. The van der Waals surface area contributed by atoms with Gasteiger partial charge in [-0.05, 0) is 96.3 Å². The van der Waals surface area contributed by atoms with Crippen molar-refractivity contribution in [3.05, 3.63) is 168 Å². The van der Waals surface area contributed by atoms with Gasteiger partial charge in [0.05, 0.1) is 22.1 Å². The van der Waals surface area contributed by atoms with Crippen molar-refractivity contribution < 1.29 is 4.42 Å². The predicted octanol–water partition coefficient (Wildman–Crippen LogP) is 11.3. The van der Waals surface area contributed by atoms with Crippen LogP contribution in [0.4, 0.5) is 0 Å². The summed E-state index contributed by atoms with van der Waals surface area (Å²) in [7, 11) is 0. The lowest BCUT2D eigenvalue weighted by molar-refractivity contribution is 0.572. The summed E-state index contributed by atoms with van der Waals surface area (Å²) in [6, 6.07) is 57.4. The van der Waals surface area contributed by atoms with Crippen LogP contribution in [-0.4, -0.2) is 9.13 Å². The molecule has 240 valence electrons. The van der Waals surface area contributed by atoms with Gasteiger partial charge in [-0.15, -0.1) is 0 Å². The largest absolute Gasteiger partial charge is 0.456 e. The van der Waals surface area contributed by atoms with Gasteiger partial charge in [-0.3, -0.25) is 0 Å². The van der Waals surface area contributed by atoms with Crippen LogP contribution in [0.25, 0.3) is 100 Å². The number of hydrogen-bond donors (Lipinski definition) is 0. The van der Waals surface area contributed by atoms with E-state index in [0.717, 1.165) is 40.7 Å². The lowest BCUT2D eigenvalue weighted by atomic mass is 10.0. The molecule has 0 saturated carbocycles. The van der Waals surface area contributed by atoms with Gasteiger partial charge in [0.15, 0.2) is 0 Å². The molecule has 0 amide bonds. The van der Waals surface area contributed by atoms with Crippen LogP contribution in [-0.2, 0) is 0 Å². The van der Waals surface area contributed by atoms with E-state index in [9.17, 15) is 0 Å². The van der Waals surface area contributed by atoms with Crippen LogP contribution in [0.15, 0.2) is 162 Å². The van der Waals surface area contributed by atoms with Gasteiger partial charge in [-0.25, -0.2) is 0 Å². The van der Waals surface area contributed by atoms with Crippen molar-refractivity contribution in [1.82, 2.24) is 9.13 Å². The standard InChI is InChI=1S/C48H32N2O/c1-3-13-31(14-4-1)39-29-35(30-42-38-19-9-12-22-47(38)51-48(39)42)50-44-21-11-8-18-37(44)41-28-33(24-26-46(41)50)32-23-25-45-40(27-32)36-17-7-10-20-43(36)49(45)34-15-5-2-6-16-34/h1-8,10-11,13-30H,9,12H2. The van der Waals surface area contributed by atoms with E-state index in [4.69, 9.17) is 4.42 Å². The van der Waals surface area contributed by atoms with Crippen molar-refractivity contribution in [3.8, 4) is 33.6 Å². The molecule has 0 bridgehead atoms. The minimum absolute atomic E-state index is 0.955. The van der Waals surface area contributed by atoms with Crippen molar-refractivity contribution >= 4 is 66.7 Å². The lowest BCUT2D eigenvalue weighted by Crippen LogP contribution is -2.22.